The molecule has 9 heteroatoms. The molecule has 0 atom stereocenters. The highest BCUT2D eigenvalue weighted by Crippen LogP contribution is 2.28. The Morgan fingerprint density at radius 1 is 0.923 bits per heavy atom. The zero-order chi connectivity index (χ0) is 27.8. The van der Waals surface area contributed by atoms with E-state index in [1.807, 2.05) is 44.2 Å². The minimum atomic E-state index is -4.00. The molecular weight excluding hydrogens is 534 g/mol. The van der Waals surface area contributed by atoms with Crippen LogP contribution in [0.1, 0.15) is 22.3 Å². The molecule has 0 unspecified atom stereocenters. The number of aryl methyl sites for hydroxylation is 1. The smallest absolute Gasteiger partial charge is 0.264 e. The average Bonchev–Trinajstić information content (AvgIpc) is 2.94. The Bertz CT molecular complexity index is 1560. The topological polar surface area (TPSA) is 88.1 Å². The molecule has 0 saturated heterocycles. The Hall–Kier alpha value is -4.14. The third-order valence-corrected chi connectivity index (χ3v) is 8.09. The highest BCUT2D eigenvalue weighted by atomic mass is 35.5. The van der Waals surface area contributed by atoms with Crippen molar-refractivity contribution >= 4 is 39.4 Å². The lowest BCUT2D eigenvalue weighted by molar-refractivity contribution is -0.119. The number of ether oxygens (including phenoxy) is 1. The molecule has 4 rings (SSSR count). The Balaban J connectivity index is 1.42. The zero-order valence-corrected chi connectivity index (χ0v) is 23.1. The van der Waals surface area contributed by atoms with E-state index in [-0.39, 0.29) is 4.90 Å². The first-order chi connectivity index (χ1) is 18.7. The molecule has 0 bridgehead atoms. The standard InChI is InChI=1S/C30H28ClN3O4S/c1-22-7-6-10-29(23(22)2)34(39(36,37)28-8-4-3-5-9-28)20-30(35)33-32-19-24-13-17-27(18-14-24)38-21-25-11-15-26(31)16-12-25/h3-19H,20-21H2,1-2H3,(H,33,35)/b32-19-. The minimum Gasteiger partial charge on any atom is -0.489 e. The van der Waals surface area contributed by atoms with Crippen LogP contribution < -0.4 is 14.5 Å². The lowest BCUT2D eigenvalue weighted by atomic mass is 10.1. The largest absolute Gasteiger partial charge is 0.489 e. The third-order valence-electron chi connectivity index (χ3n) is 6.06. The number of nitrogens with zero attached hydrogens (tertiary/aromatic N) is 2. The molecule has 0 heterocycles. The summed E-state index contributed by atoms with van der Waals surface area (Å²) in [7, 11) is -4.00. The molecule has 1 amide bonds. The summed E-state index contributed by atoms with van der Waals surface area (Å²) in [6.07, 6.45) is 1.48. The van der Waals surface area contributed by atoms with Crippen molar-refractivity contribution in [2.24, 2.45) is 5.10 Å². The first-order valence-electron chi connectivity index (χ1n) is 12.2. The molecule has 0 aliphatic carbocycles. The maximum Gasteiger partial charge on any atom is 0.264 e. The van der Waals surface area contributed by atoms with E-state index in [0.717, 1.165) is 26.6 Å². The molecule has 1 N–H and O–H groups in total. The minimum absolute atomic E-state index is 0.0978. The second-order valence-corrected chi connectivity index (χ2v) is 11.1. The van der Waals surface area contributed by atoms with E-state index in [1.54, 1.807) is 54.6 Å². The summed E-state index contributed by atoms with van der Waals surface area (Å²) >= 11 is 5.91. The van der Waals surface area contributed by atoms with Crippen LogP contribution in [-0.2, 0) is 21.4 Å². The Morgan fingerprint density at radius 2 is 1.62 bits per heavy atom. The highest BCUT2D eigenvalue weighted by Gasteiger charge is 2.28. The van der Waals surface area contributed by atoms with Crippen LogP contribution in [0.4, 0.5) is 5.69 Å². The van der Waals surface area contributed by atoms with Crippen LogP contribution in [0.15, 0.2) is 107 Å². The SMILES string of the molecule is Cc1cccc(N(CC(=O)N/N=C\c2ccc(OCc3ccc(Cl)cc3)cc2)S(=O)(=O)c2ccccc2)c1C. The number of halogens is 1. The van der Waals surface area contributed by atoms with Gasteiger partial charge in [0.1, 0.15) is 18.9 Å². The van der Waals surface area contributed by atoms with Crippen molar-refractivity contribution in [2.75, 3.05) is 10.8 Å². The molecule has 0 saturated carbocycles. The van der Waals surface area contributed by atoms with Gasteiger partial charge in [-0.25, -0.2) is 13.8 Å². The van der Waals surface area contributed by atoms with E-state index < -0.39 is 22.5 Å². The van der Waals surface area contributed by atoms with Crippen molar-refractivity contribution in [1.82, 2.24) is 5.43 Å². The molecule has 4 aromatic rings. The van der Waals surface area contributed by atoms with E-state index in [9.17, 15) is 13.2 Å². The zero-order valence-electron chi connectivity index (χ0n) is 21.5. The predicted octanol–water partition coefficient (Wildman–Crippen LogP) is 5.88. The van der Waals surface area contributed by atoms with Gasteiger partial charge in [-0.2, -0.15) is 5.10 Å². The fraction of sp³-hybridized carbons (Fsp3) is 0.133. The molecule has 200 valence electrons. The molecule has 39 heavy (non-hydrogen) atoms. The first kappa shape index (κ1) is 27.9. The summed E-state index contributed by atoms with van der Waals surface area (Å²) in [4.78, 5) is 12.9. The summed E-state index contributed by atoms with van der Waals surface area (Å²) in [5, 5.41) is 4.69. The maximum atomic E-state index is 13.5. The van der Waals surface area contributed by atoms with Gasteiger partial charge in [-0.3, -0.25) is 9.10 Å². The number of nitrogens with one attached hydrogen (secondary N) is 1. The number of hydrazone groups is 1. The summed E-state index contributed by atoms with van der Waals surface area (Å²) in [6, 6.07) is 28.0. The number of anilines is 1. The van der Waals surface area contributed by atoms with Crippen LogP contribution in [0.2, 0.25) is 5.02 Å². The van der Waals surface area contributed by atoms with E-state index >= 15 is 0 Å². The molecule has 0 fully saturated rings. The van der Waals surface area contributed by atoms with Crippen LogP contribution in [0.3, 0.4) is 0 Å². The van der Waals surface area contributed by atoms with Gasteiger partial charge in [0.2, 0.25) is 0 Å². The Kier molecular flexibility index (Phi) is 9.01. The number of carbonyl (C=O) groups is 1. The second kappa shape index (κ2) is 12.6. The number of sulfonamides is 1. The van der Waals surface area contributed by atoms with Gasteiger partial charge in [-0.15, -0.1) is 0 Å². The van der Waals surface area contributed by atoms with Crippen LogP contribution in [0, 0.1) is 13.8 Å². The molecule has 4 aromatic carbocycles. The fourth-order valence-corrected chi connectivity index (χ4v) is 5.39. The predicted molar refractivity (Wildman–Crippen MR) is 155 cm³/mol. The number of rotatable bonds is 10. The monoisotopic (exact) mass is 561 g/mol. The molecule has 0 spiro atoms. The Labute approximate surface area is 233 Å². The van der Waals surface area contributed by atoms with Crippen molar-refractivity contribution in [3.05, 3.63) is 124 Å². The van der Waals surface area contributed by atoms with Crippen molar-refractivity contribution in [3.63, 3.8) is 0 Å². The molecule has 0 aromatic heterocycles. The van der Waals surface area contributed by atoms with Gasteiger partial charge in [-0.05, 0) is 90.7 Å². The summed E-state index contributed by atoms with van der Waals surface area (Å²) in [6.45, 7) is 3.70. The van der Waals surface area contributed by atoms with Gasteiger partial charge in [0.05, 0.1) is 16.8 Å². The van der Waals surface area contributed by atoms with Crippen LogP contribution in [0.25, 0.3) is 0 Å². The normalized spacial score (nSPS) is 11.4. The molecule has 0 aliphatic heterocycles. The van der Waals surface area contributed by atoms with Crippen molar-refractivity contribution in [2.45, 2.75) is 25.3 Å². The van der Waals surface area contributed by atoms with Gasteiger partial charge in [0, 0.05) is 5.02 Å². The lowest BCUT2D eigenvalue weighted by Gasteiger charge is -2.26. The Morgan fingerprint density at radius 3 is 2.31 bits per heavy atom. The second-order valence-electron chi connectivity index (χ2n) is 8.82. The van der Waals surface area contributed by atoms with Crippen LogP contribution >= 0.6 is 11.6 Å². The summed E-state index contributed by atoms with van der Waals surface area (Å²) < 4.78 is 33.9. The molecular formula is C30H28ClN3O4S. The third kappa shape index (κ3) is 7.25. The summed E-state index contributed by atoms with van der Waals surface area (Å²) in [5.74, 6) is 0.107. The number of carbonyl (C=O) groups excluding carboxylic acids is 1. The molecule has 0 aliphatic rings. The van der Waals surface area contributed by atoms with Crippen molar-refractivity contribution < 1.29 is 17.9 Å². The number of hydrogen-bond donors (Lipinski definition) is 1. The average molecular weight is 562 g/mol. The van der Waals surface area contributed by atoms with Crippen LogP contribution in [0.5, 0.6) is 5.75 Å². The van der Waals surface area contributed by atoms with Gasteiger partial charge >= 0.3 is 0 Å². The van der Waals surface area contributed by atoms with Crippen LogP contribution in [-0.4, -0.2) is 27.1 Å². The number of amides is 1. The van der Waals surface area contributed by atoms with Gasteiger partial charge in [-0.1, -0.05) is 54.1 Å². The summed E-state index contributed by atoms with van der Waals surface area (Å²) in [5.41, 5.74) is 6.29. The van der Waals surface area contributed by atoms with E-state index in [1.165, 1.54) is 18.3 Å². The lowest BCUT2D eigenvalue weighted by Crippen LogP contribution is -2.40. The fourth-order valence-electron chi connectivity index (χ4n) is 3.77. The maximum absolute atomic E-state index is 13.5. The van der Waals surface area contributed by atoms with E-state index in [2.05, 4.69) is 10.5 Å². The molecule has 7 nitrogen and oxygen atoms in total. The molecule has 0 radical (unpaired) electrons. The highest BCUT2D eigenvalue weighted by molar-refractivity contribution is 7.92. The number of hydrogen-bond acceptors (Lipinski definition) is 5. The van der Waals surface area contributed by atoms with Crippen molar-refractivity contribution in [1.29, 1.82) is 0 Å². The van der Waals surface area contributed by atoms with Gasteiger partial charge in [0.25, 0.3) is 15.9 Å². The quantitative estimate of drug-likeness (QED) is 0.193. The first-order valence-corrected chi connectivity index (χ1v) is 14.0. The van der Waals surface area contributed by atoms with Gasteiger partial charge in [0.15, 0.2) is 0 Å². The van der Waals surface area contributed by atoms with E-state index in [0.29, 0.717) is 23.1 Å². The van der Waals surface area contributed by atoms with E-state index in [4.69, 9.17) is 16.3 Å². The van der Waals surface area contributed by atoms with Gasteiger partial charge < -0.3 is 4.74 Å². The number of benzene rings is 4. The van der Waals surface area contributed by atoms with Crippen molar-refractivity contribution in [3.8, 4) is 5.75 Å².